The fraction of sp³-hybridized carbons (Fsp3) is 0. The maximum absolute atomic E-state index is 5.07. The van der Waals surface area contributed by atoms with E-state index in [2.05, 4.69) is 145 Å². The molecule has 2 heterocycles. The van der Waals surface area contributed by atoms with Gasteiger partial charge in [-0.1, -0.05) is 133 Å². The Kier molecular flexibility index (Phi) is 6.80. The number of fused-ring (bicyclic) bond motifs is 4. The molecule has 0 saturated carbocycles. The summed E-state index contributed by atoms with van der Waals surface area (Å²) < 4.78 is 0. The molecule has 0 fully saturated rings. The summed E-state index contributed by atoms with van der Waals surface area (Å²) in [6, 6.07) is 57.9. The summed E-state index contributed by atoms with van der Waals surface area (Å²) in [6.45, 7) is 0. The molecule has 224 valence electrons. The summed E-state index contributed by atoms with van der Waals surface area (Å²) in [5.41, 5.74) is 9.38. The zero-order valence-electron chi connectivity index (χ0n) is 26.1. The van der Waals surface area contributed by atoms with E-state index >= 15 is 0 Å². The Balaban J connectivity index is 1.13. The molecule has 0 bridgehead atoms. The van der Waals surface area contributed by atoms with E-state index < -0.39 is 0 Å². The number of hydrogen-bond donors (Lipinski definition) is 0. The lowest BCUT2D eigenvalue weighted by molar-refractivity contribution is 1.18. The molecular weight excluding hydrogens is 583 g/mol. The molecule has 0 aliphatic heterocycles. The average Bonchev–Trinajstić information content (AvgIpc) is 3.17. The smallest absolute Gasteiger partial charge is 0.160 e. The molecule has 0 N–H and O–H groups in total. The number of benzene rings is 7. The second-order valence-corrected chi connectivity index (χ2v) is 12.1. The maximum atomic E-state index is 5.07. The van der Waals surface area contributed by atoms with Crippen LogP contribution in [-0.2, 0) is 0 Å². The van der Waals surface area contributed by atoms with Gasteiger partial charge in [-0.05, 0) is 79.3 Å². The zero-order valence-corrected chi connectivity index (χ0v) is 26.1. The van der Waals surface area contributed by atoms with Crippen LogP contribution in [0.4, 0.5) is 0 Å². The summed E-state index contributed by atoms with van der Waals surface area (Å²) in [6.07, 6.45) is 3.69. The number of nitrogens with zero attached hydrogens (tertiary/aromatic N) is 3. The molecule has 0 aliphatic carbocycles. The third kappa shape index (κ3) is 5.08. The molecule has 0 radical (unpaired) electrons. The summed E-state index contributed by atoms with van der Waals surface area (Å²) >= 11 is 0. The van der Waals surface area contributed by atoms with Gasteiger partial charge in [-0.3, -0.25) is 4.98 Å². The Labute approximate surface area is 278 Å². The van der Waals surface area contributed by atoms with Gasteiger partial charge >= 0.3 is 0 Å². The molecule has 48 heavy (non-hydrogen) atoms. The van der Waals surface area contributed by atoms with Gasteiger partial charge in [0.25, 0.3) is 0 Å². The van der Waals surface area contributed by atoms with Gasteiger partial charge in [0.15, 0.2) is 5.82 Å². The Hall–Kier alpha value is -6.45. The van der Waals surface area contributed by atoms with Gasteiger partial charge in [0.1, 0.15) is 0 Å². The van der Waals surface area contributed by atoms with Crippen LogP contribution in [0.3, 0.4) is 0 Å². The number of hydrogen-bond acceptors (Lipinski definition) is 3. The lowest BCUT2D eigenvalue weighted by Gasteiger charge is -2.12. The van der Waals surface area contributed by atoms with Gasteiger partial charge in [-0.2, -0.15) is 0 Å². The van der Waals surface area contributed by atoms with Crippen molar-refractivity contribution in [2.75, 3.05) is 0 Å². The Morgan fingerprint density at radius 1 is 0.333 bits per heavy atom. The predicted octanol–water partition coefficient (Wildman–Crippen LogP) is 11.7. The van der Waals surface area contributed by atoms with Crippen LogP contribution >= 0.6 is 0 Å². The molecule has 0 saturated heterocycles. The highest BCUT2D eigenvalue weighted by molar-refractivity contribution is 6.15. The molecule has 0 spiro atoms. The fourth-order valence-electron chi connectivity index (χ4n) is 6.70. The molecule has 2 aromatic heterocycles. The summed E-state index contributed by atoms with van der Waals surface area (Å²) in [5, 5.41) is 7.57. The van der Waals surface area contributed by atoms with E-state index in [1.165, 1.54) is 43.4 Å². The first-order valence-corrected chi connectivity index (χ1v) is 16.2. The Morgan fingerprint density at radius 2 is 1.02 bits per heavy atom. The van der Waals surface area contributed by atoms with Crippen LogP contribution in [0.15, 0.2) is 176 Å². The lowest BCUT2D eigenvalue weighted by atomic mass is 9.93. The highest BCUT2D eigenvalue weighted by atomic mass is 14.9. The SMILES string of the molecule is c1ccc(-c2nc(-c3ccc(-c4cccc5c4ccc4cc6ccccc6cc45)cc3)cc(-c3cccc(-c4cccnc4)c3)n2)cc1. The van der Waals surface area contributed by atoms with E-state index in [1.54, 1.807) is 6.20 Å². The highest BCUT2D eigenvalue weighted by Crippen LogP contribution is 2.36. The van der Waals surface area contributed by atoms with Gasteiger partial charge in [0, 0.05) is 34.6 Å². The second kappa shape index (κ2) is 11.7. The lowest BCUT2D eigenvalue weighted by Crippen LogP contribution is -1.96. The van der Waals surface area contributed by atoms with E-state index in [-0.39, 0.29) is 0 Å². The molecule has 7 aromatic carbocycles. The van der Waals surface area contributed by atoms with Crippen molar-refractivity contribution >= 4 is 32.3 Å². The molecular formula is C45H29N3. The van der Waals surface area contributed by atoms with Crippen molar-refractivity contribution in [3.05, 3.63) is 176 Å². The normalized spacial score (nSPS) is 11.3. The highest BCUT2D eigenvalue weighted by Gasteiger charge is 2.13. The first-order chi connectivity index (χ1) is 23.8. The topological polar surface area (TPSA) is 38.7 Å². The minimum Gasteiger partial charge on any atom is -0.264 e. The molecule has 3 nitrogen and oxygen atoms in total. The van der Waals surface area contributed by atoms with Gasteiger partial charge in [0.05, 0.1) is 11.4 Å². The van der Waals surface area contributed by atoms with Gasteiger partial charge < -0.3 is 0 Å². The van der Waals surface area contributed by atoms with E-state index in [4.69, 9.17) is 9.97 Å². The van der Waals surface area contributed by atoms with Crippen LogP contribution in [0.1, 0.15) is 0 Å². The first kappa shape index (κ1) is 27.8. The second-order valence-electron chi connectivity index (χ2n) is 12.1. The van der Waals surface area contributed by atoms with Crippen LogP contribution in [0.2, 0.25) is 0 Å². The molecule has 3 heteroatoms. The zero-order chi connectivity index (χ0) is 31.9. The van der Waals surface area contributed by atoms with E-state index in [0.29, 0.717) is 5.82 Å². The minimum atomic E-state index is 0.701. The predicted molar refractivity (Wildman–Crippen MR) is 200 cm³/mol. The maximum Gasteiger partial charge on any atom is 0.160 e. The summed E-state index contributed by atoms with van der Waals surface area (Å²) in [4.78, 5) is 14.4. The number of rotatable bonds is 5. The van der Waals surface area contributed by atoms with Crippen molar-refractivity contribution in [3.8, 4) is 56.2 Å². The van der Waals surface area contributed by atoms with Crippen LogP contribution in [0.5, 0.6) is 0 Å². The van der Waals surface area contributed by atoms with E-state index in [0.717, 1.165) is 39.2 Å². The monoisotopic (exact) mass is 611 g/mol. The molecule has 0 aliphatic rings. The quantitative estimate of drug-likeness (QED) is 0.144. The van der Waals surface area contributed by atoms with Crippen molar-refractivity contribution in [3.63, 3.8) is 0 Å². The van der Waals surface area contributed by atoms with Crippen LogP contribution in [0, 0.1) is 0 Å². The number of aromatic nitrogens is 3. The molecule has 9 rings (SSSR count). The largest absolute Gasteiger partial charge is 0.264 e. The van der Waals surface area contributed by atoms with Gasteiger partial charge in [-0.25, -0.2) is 9.97 Å². The van der Waals surface area contributed by atoms with Crippen molar-refractivity contribution in [1.29, 1.82) is 0 Å². The minimum absolute atomic E-state index is 0.701. The summed E-state index contributed by atoms with van der Waals surface area (Å²) in [5.74, 6) is 0.701. The number of pyridine rings is 1. The third-order valence-electron chi connectivity index (χ3n) is 9.15. The fourth-order valence-corrected chi connectivity index (χ4v) is 6.70. The van der Waals surface area contributed by atoms with Crippen LogP contribution in [-0.4, -0.2) is 15.0 Å². The standard InChI is InChI=1S/C45H29N3/c1-2-9-32(10-3-1)45-47-43(28-44(48-45)37-14-6-13-34(26-37)38-15-8-24-46-29-38)31-20-18-30(19-21-31)39-16-7-17-40-41(39)23-22-36-25-33-11-4-5-12-35(33)27-42(36)40/h1-29H. The Bertz CT molecular complexity index is 2590. The van der Waals surface area contributed by atoms with E-state index in [9.17, 15) is 0 Å². The Morgan fingerprint density at radius 3 is 1.83 bits per heavy atom. The van der Waals surface area contributed by atoms with Crippen LogP contribution < -0.4 is 0 Å². The van der Waals surface area contributed by atoms with Crippen molar-refractivity contribution < 1.29 is 0 Å². The average molecular weight is 612 g/mol. The molecule has 0 atom stereocenters. The summed E-state index contributed by atoms with van der Waals surface area (Å²) in [7, 11) is 0. The van der Waals surface area contributed by atoms with Crippen LogP contribution in [0.25, 0.3) is 88.5 Å². The van der Waals surface area contributed by atoms with Gasteiger partial charge in [-0.15, -0.1) is 0 Å². The van der Waals surface area contributed by atoms with Crippen molar-refractivity contribution in [2.45, 2.75) is 0 Å². The van der Waals surface area contributed by atoms with E-state index in [1.807, 2.05) is 30.5 Å². The first-order valence-electron chi connectivity index (χ1n) is 16.2. The molecule has 0 unspecified atom stereocenters. The third-order valence-corrected chi connectivity index (χ3v) is 9.15. The molecule has 0 amide bonds. The van der Waals surface area contributed by atoms with Gasteiger partial charge in [0.2, 0.25) is 0 Å². The van der Waals surface area contributed by atoms with Crippen molar-refractivity contribution in [2.24, 2.45) is 0 Å². The molecule has 9 aromatic rings. The van der Waals surface area contributed by atoms with Crippen molar-refractivity contribution in [1.82, 2.24) is 15.0 Å².